The van der Waals surface area contributed by atoms with Gasteiger partial charge in [0.25, 0.3) is 5.78 Å². The van der Waals surface area contributed by atoms with Crippen LogP contribution in [-0.4, -0.2) is 17.5 Å². The van der Waals surface area contributed by atoms with Gasteiger partial charge in [-0.1, -0.05) is 0 Å². The largest absolute Gasteiger partial charge is 0.429 e. The molecule has 0 aliphatic carbocycles. The van der Waals surface area contributed by atoms with Crippen molar-refractivity contribution in [2.24, 2.45) is 5.92 Å². The van der Waals surface area contributed by atoms with Gasteiger partial charge in [-0.05, 0) is 13.0 Å². The molecular weight excluding hydrogens is 148 g/mol. The number of Topliss-reactive ketones (excluding diaryl/α,β-unsaturated/α-hetero) is 2. The fourth-order valence-electron chi connectivity index (χ4n) is 0.772. The van der Waals surface area contributed by atoms with E-state index in [1.807, 2.05) is 0 Å². The molecule has 0 radical (unpaired) electrons. The highest BCUT2D eigenvalue weighted by Gasteiger charge is 2.30. The van der Waals surface area contributed by atoms with Crippen molar-refractivity contribution in [2.45, 2.75) is 6.92 Å². The monoisotopic (exact) mass is 154 g/mol. The number of cyclic esters (lactones) is 1. The molecule has 0 fully saturated rings. The molecule has 1 aliphatic heterocycles. The highest BCUT2D eigenvalue weighted by molar-refractivity contribution is 6.39. The van der Waals surface area contributed by atoms with Crippen molar-refractivity contribution < 1.29 is 19.1 Å². The molecule has 0 aromatic heterocycles. The van der Waals surface area contributed by atoms with Crippen LogP contribution in [0.15, 0.2) is 12.3 Å². The minimum absolute atomic E-state index is 0.345. The number of hydrogen-bond donors (Lipinski definition) is 0. The zero-order valence-electron chi connectivity index (χ0n) is 5.87. The summed E-state index contributed by atoms with van der Waals surface area (Å²) in [6.07, 6.45) is 2.34. The highest BCUT2D eigenvalue weighted by atomic mass is 16.5. The second-order valence-corrected chi connectivity index (χ2v) is 2.19. The van der Waals surface area contributed by atoms with Gasteiger partial charge in [-0.15, -0.1) is 0 Å². The Bertz CT molecular complexity index is 251. The Morgan fingerprint density at radius 3 is 2.64 bits per heavy atom. The average Bonchev–Trinajstić information content (AvgIpc) is 1.94. The zero-order valence-corrected chi connectivity index (χ0v) is 5.87. The molecule has 1 aliphatic rings. The lowest BCUT2D eigenvalue weighted by Crippen LogP contribution is -2.31. The first-order chi connectivity index (χ1) is 5.13. The van der Waals surface area contributed by atoms with Gasteiger partial charge in [0, 0.05) is 0 Å². The number of rotatable bonds is 1. The Morgan fingerprint density at radius 2 is 2.18 bits per heavy atom. The zero-order chi connectivity index (χ0) is 8.43. The van der Waals surface area contributed by atoms with Gasteiger partial charge in [0.05, 0.1) is 6.26 Å². The molecule has 0 aromatic carbocycles. The van der Waals surface area contributed by atoms with E-state index in [1.54, 1.807) is 0 Å². The number of carbonyl (C=O) groups is 3. The second-order valence-electron chi connectivity index (χ2n) is 2.19. The quantitative estimate of drug-likeness (QED) is 0.299. The normalized spacial score (nSPS) is 23.2. The van der Waals surface area contributed by atoms with Crippen molar-refractivity contribution in [3.63, 3.8) is 0 Å². The van der Waals surface area contributed by atoms with Crippen molar-refractivity contribution in [3.8, 4) is 0 Å². The molecule has 4 heteroatoms. The van der Waals surface area contributed by atoms with Gasteiger partial charge >= 0.3 is 5.97 Å². The second kappa shape index (κ2) is 2.65. The minimum atomic E-state index is -0.965. The molecule has 0 saturated heterocycles. The summed E-state index contributed by atoms with van der Waals surface area (Å²) in [6, 6.07) is 0. The Labute approximate surface area is 62.8 Å². The Kier molecular flexibility index (Phi) is 1.85. The summed E-state index contributed by atoms with van der Waals surface area (Å²) in [5.41, 5.74) is 0. The van der Waals surface area contributed by atoms with Crippen LogP contribution >= 0.6 is 0 Å². The maximum atomic E-state index is 10.8. The summed E-state index contributed by atoms with van der Waals surface area (Å²) in [6.45, 7) is 1.26. The van der Waals surface area contributed by atoms with Crippen LogP contribution in [0.1, 0.15) is 6.92 Å². The average molecular weight is 154 g/mol. The van der Waals surface area contributed by atoms with E-state index in [1.165, 1.54) is 13.0 Å². The molecule has 0 aromatic rings. The molecule has 1 unspecified atom stereocenters. The van der Waals surface area contributed by atoms with Gasteiger partial charge in [-0.25, -0.2) is 4.79 Å². The smallest absolute Gasteiger partial charge is 0.380 e. The maximum Gasteiger partial charge on any atom is 0.380 e. The van der Waals surface area contributed by atoms with Crippen LogP contribution in [0.3, 0.4) is 0 Å². The molecular formula is C7H6O4. The minimum Gasteiger partial charge on any atom is -0.429 e. The van der Waals surface area contributed by atoms with E-state index in [0.717, 1.165) is 6.26 Å². The van der Waals surface area contributed by atoms with E-state index in [0.29, 0.717) is 0 Å². The number of ketones is 2. The van der Waals surface area contributed by atoms with Crippen LogP contribution in [-0.2, 0) is 19.1 Å². The summed E-state index contributed by atoms with van der Waals surface area (Å²) in [4.78, 5) is 32.0. The van der Waals surface area contributed by atoms with Crippen molar-refractivity contribution >= 4 is 17.5 Å². The van der Waals surface area contributed by atoms with Gasteiger partial charge in [0.1, 0.15) is 11.7 Å². The third kappa shape index (κ3) is 1.34. The fourth-order valence-corrected chi connectivity index (χ4v) is 0.772. The van der Waals surface area contributed by atoms with Crippen LogP contribution in [0.25, 0.3) is 0 Å². The van der Waals surface area contributed by atoms with Crippen molar-refractivity contribution in [2.75, 3.05) is 0 Å². The van der Waals surface area contributed by atoms with E-state index >= 15 is 0 Å². The summed E-state index contributed by atoms with van der Waals surface area (Å²) >= 11 is 0. The maximum absolute atomic E-state index is 10.8. The van der Waals surface area contributed by atoms with Crippen LogP contribution in [0.5, 0.6) is 0 Å². The van der Waals surface area contributed by atoms with E-state index in [4.69, 9.17) is 0 Å². The van der Waals surface area contributed by atoms with E-state index in [2.05, 4.69) is 4.74 Å². The topological polar surface area (TPSA) is 60.4 Å². The lowest BCUT2D eigenvalue weighted by atomic mass is 9.99. The molecule has 58 valence electrons. The lowest BCUT2D eigenvalue weighted by Gasteiger charge is -2.09. The Hall–Kier alpha value is -1.45. The molecule has 4 nitrogen and oxygen atoms in total. The Morgan fingerprint density at radius 1 is 1.55 bits per heavy atom. The van der Waals surface area contributed by atoms with Crippen molar-refractivity contribution in [1.82, 2.24) is 0 Å². The summed E-state index contributed by atoms with van der Waals surface area (Å²) < 4.78 is 4.25. The molecule has 0 spiro atoms. The molecule has 0 N–H and O–H groups in total. The van der Waals surface area contributed by atoms with Gasteiger partial charge in [0.2, 0.25) is 0 Å². The van der Waals surface area contributed by atoms with E-state index in [9.17, 15) is 14.4 Å². The number of ether oxygens (including phenoxy) is 1. The number of hydrogen-bond acceptors (Lipinski definition) is 4. The van der Waals surface area contributed by atoms with Gasteiger partial charge in [-0.3, -0.25) is 9.59 Å². The van der Waals surface area contributed by atoms with Gasteiger partial charge in [-0.2, -0.15) is 0 Å². The molecule has 0 amide bonds. The molecule has 0 saturated carbocycles. The molecule has 1 heterocycles. The predicted molar refractivity (Wildman–Crippen MR) is 34.4 cm³/mol. The summed E-state index contributed by atoms with van der Waals surface area (Å²) in [5, 5.41) is 0. The van der Waals surface area contributed by atoms with E-state index < -0.39 is 17.7 Å². The number of allylic oxidation sites excluding steroid dienone is 1. The van der Waals surface area contributed by atoms with Crippen LogP contribution in [0.2, 0.25) is 0 Å². The fraction of sp³-hybridized carbons (Fsp3) is 0.286. The third-order valence-corrected chi connectivity index (χ3v) is 1.37. The predicted octanol–water partition coefficient (Wildman–Crippen LogP) is -0.169. The first-order valence-electron chi connectivity index (χ1n) is 3.05. The number of esters is 1. The van der Waals surface area contributed by atoms with Crippen molar-refractivity contribution in [3.05, 3.63) is 12.3 Å². The number of carbonyl (C=O) groups excluding carboxylic acids is 3. The van der Waals surface area contributed by atoms with Crippen molar-refractivity contribution in [1.29, 1.82) is 0 Å². The lowest BCUT2D eigenvalue weighted by molar-refractivity contribution is -0.153. The summed E-state index contributed by atoms with van der Waals surface area (Å²) in [5.74, 6) is -3.04. The van der Waals surface area contributed by atoms with Crippen LogP contribution < -0.4 is 0 Å². The summed E-state index contributed by atoms with van der Waals surface area (Å²) in [7, 11) is 0. The van der Waals surface area contributed by atoms with Crippen LogP contribution in [0.4, 0.5) is 0 Å². The molecule has 1 atom stereocenters. The highest BCUT2D eigenvalue weighted by Crippen LogP contribution is 2.09. The molecule has 11 heavy (non-hydrogen) atoms. The van der Waals surface area contributed by atoms with Crippen LogP contribution in [0, 0.1) is 5.92 Å². The molecule has 1 rings (SSSR count). The molecule has 0 bridgehead atoms. The van der Waals surface area contributed by atoms with Gasteiger partial charge < -0.3 is 4.74 Å². The SMILES string of the molecule is CC(=O)C1C=COC(=O)C1=O. The first kappa shape index (κ1) is 7.65. The standard InChI is InChI=1S/C7H6O4/c1-4(8)5-2-3-11-7(10)6(5)9/h2-3,5H,1H3. The van der Waals surface area contributed by atoms with E-state index in [-0.39, 0.29) is 5.78 Å². The first-order valence-corrected chi connectivity index (χ1v) is 3.05. The third-order valence-electron chi connectivity index (χ3n) is 1.37. The van der Waals surface area contributed by atoms with Gasteiger partial charge in [0.15, 0.2) is 0 Å². The Balaban J connectivity index is 2.89.